The van der Waals surface area contributed by atoms with Gasteiger partial charge in [-0.2, -0.15) is 4.68 Å². The van der Waals surface area contributed by atoms with Crippen LogP contribution < -0.4 is 10.2 Å². The number of aldehydes is 1. The van der Waals surface area contributed by atoms with E-state index in [4.69, 9.17) is 4.74 Å². The van der Waals surface area contributed by atoms with Crippen molar-refractivity contribution in [2.75, 3.05) is 0 Å². The second-order valence-electron chi connectivity index (χ2n) is 5.50. The molecule has 0 aliphatic rings. The highest BCUT2D eigenvalue weighted by Gasteiger charge is 2.20. The predicted octanol–water partition coefficient (Wildman–Crippen LogP) is 0.181. The zero-order valence-corrected chi connectivity index (χ0v) is 13.7. The minimum Gasteiger partial charge on any atom is -0.485 e. The number of aryl methyl sites for hydroxylation is 1. The molecule has 10 heteroatoms. The van der Waals surface area contributed by atoms with Gasteiger partial charge in [0.05, 0.1) is 5.56 Å². The Balaban J connectivity index is 1.89. The minimum atomic E-state index is -1.81. The van der Waals surface area contributed by atoms with Crippen molar-refractivity contribution in [3.05, 3.63) is 59.2 Å². The van der Waals surface area contributed by atoms with Crippen LogP contribution >= 0.6 is 0 Å². The third-order valence-corrected chi connectivity index (χ3v) is 3.72. The number of rotatable bonds is 6. The zero-order valence-electron chi connectivity index (χ0n) is 13.7. The zero-order chi connectivity index (χ0) is 18.7. The van der Waals surface area contributed by atoms with Crippen molar-refractivity contribution in [3.8, 4) is 11.4 Å². The number of aromatic nitrogens is 4. The standard InChI is InChI=1S/C16H14BFN4O4/c1-10-5-6-13(18)14(7-10)22-16(19-20-21-22)9-26-15-4-2-3-12(17(24)25)11(15)8-23/h2-8,24-25H,9H2,1H3. The van der Waals surface area contributed by atoms with Crippen molar-refractivity contribution in [1.29, 1.82) is 0 Å². The number of carbonyl (C=O) groups is 1. The van der Waals surface area contributed by atoms with Gasteiger partial charge < -0.3 is 14.8 Å². The monoisotopic (exact) mass is 356 g/mol. The van der Waals surface area contributed by atoms with E-state index in [-0.39, 0.29) is 34.9 Å². The van der Waals surface area contributed by atoms with E-state index >= 15 is 0 Å². The number of halogens is 1. The molecule has 0 aliphatic carbocycles. The van der Waals surface area contributed by atoms with Gasteiger partial charge in [-0.3, -0.25) is 4.79 Å². The van der Waals surface area contributed by atoms with Gasteiger partial charge in [-0.15, -0.1) is 5.10 Å². The maximum Gasteiger partial charge on any atom is 0.489 e. The van der Waals surface area contributed by atoms with E-state index in [9.17, 15) is 19.2 Å². The first-order chi connectivity index (χ1) is 12.5. The first-order valence-electron chi connectivity index (χ1n) is 7.62. The molecule has 3 aromatic rings. The highest BCUT2D eigenvalue weighted by atomic mass is 19.1. The number of carbonyl (C=O) groups excluding carboxylic acids is 1. The molecule has 0 fully saturated rings. The van der Waals surface area contributed by atoms with E-state index in [0.717, 1.165) is 5.56 Å². The first-order valence-corrected chi connectivity index (χ1v) is 7.62. The Bertz CT molecular complexity index is 948. The molecule has 1 aromatic heterocycles. The molecule has 0 unspecified atom stereocenters. The van der Waals surface area contributed by atoms with Crippen LogP contribution in [0.1, 0.15) is 21.7 Å². The lowest BCUT2D eigenvalue weighted by atomic mass is 9.77. The molecule has 3 rings (SSSR count). The highest BCUT2D eigenvalue weighted by molar-refractivity contribution is 6.60. The molecular formula is C16H14BFN4O4. The Morgan fingerprint density at radius 3 is 2.85 bits per heavy atom. The summed E-state index contributed by atoms with van der Waals surface area (Å²) in [7, 11) is -1.81. The SMILES string of the molecule is Cc1ccc(F)c(-n2nnnc2COc2cccc(B(O)O)c2C=O)c1. The summed E-state index contributed by atoms with van der Waals surface area (Å²) < 4.78 is 20.8. The van der Waals surface area contributed by atoms with Crippen LogP contribution in [0, 0.1) is 12.7 Å². The molecule has 0 saturated heterocycles. The minimum absolute atomic E-state index is 0.00302. The molecule has 26 heavy (non-hydrogen) atoms. The van der Waals surface area contributed by atoms with Crippen molar-refractivity contribution in [1.82, 2.24) is 20.2 Å². The van der Waals surface area contributed by atoms with E-state index in [1.54, 1.807) is 12.1 Å². The Kier molecular flexibility index (Phi) is 5.05. The predicted molar refractivity (Wildman–Crippen MR) is 89.8 cm³/mol. The van der Waals surface area contributed by atoms with Gasteiger partial charge >= 0.3 is 7.12 Å². The molecule has 2 aromatic carbocycles. The Morgan fingerprint density at radius 1 is 1.31 bits per heavy atom. The summed E-state index contributed by atoms with van der Waals surface area (Å²) in [5.41, 5.74) is 1.02. The van der Waals surface area contributed by atoms with Crippen LogP contribution in [0.15, 0.2) is 36.4 Å². The topological polar surface area (TPSA) is 110 Å². The van der Waals surface area contributed by atoms with Crippen molar-refractivity contribution in [3.63, 3.8) is 0 Å². The van der Waals surface area contributed by atoms with Crippen LogP contribution in [0.5, 0.6) is 5.75 Å². The molecule has 2 N–H and O–H groups in total. The van der Waals surface area contributed by atoms with E-state index in [2.05, 4.69) is 15.5 Å². The molecule has 0 amide bonds. The number of benzene rings is 2. The lowest BCUT2D eigenvalue weighted by molar-refractivity contribution is 0.111. The van der Waals surface area contributed by atoms with Crippen molar-refractivity contribution < 1.29 is 24.0 Å². The summed E-state index contributed by atoms with van der Waals surface area (Å²) in [6, 6.07) is 8.94. The summed E-state index contributed by atoms with van der Waals surface area (Å²) in [5.74, 6) is -0.158. The molecule has 0 bridgehead atoms. The lowest BCUT2D eigenvalue weighted by Crippen LogP contribution is -2.33. The van der Waals surface area contributed by atoms with Gasteiger partial charge in [0.15, 0.2) is 12.1 Å². The fourth-order valence-electron chi connectivity index (χ4n) is 2.45. The third-order valence-electron chi connectivity index (χ3n) is 3.72. The molecule has 0 radical (unpaired) electrons. The lowest BCUT2D eigenvalue weighted by Gasteiger charge is -2.12. The smallest absolute Gasteiger partial charge is 0.485 e. The Morgan fingerprint density at radius 2 is 2.12 bits per heavy atom. The van der Waals surface area contributed by atoms with Gasteiger partial charge in [0.2, 0.25) is 0 Å². The average Bonchev–Trinajstić information content (AvgIpc) is 3.09. The maximum absolute atomic E-state index is 14.1. The molecular weight excluding hydrogens is 342 g/mol. The van der Waals surface area contributed by atoms with Crippen molar-refractivity contribution >= 4 is 18.9 Å². The fraction of sp³-hybridized carbons (Fsp3) is 0.125. The molecule has 0 atom stereocenters. The van der Waals surface area contributed by atoms with Crippen LogP contribution in [0.2, 0.25) is 0 Å². The van der Waals surface area contributed by atoms with Gasteiger partial charge in [0.1, 0.15) is 23.9 Å². The summed E-state index contributed by atoms with van der Waals surface area (Å²) >= 11 is 0. The second-order valence-corrected chi connectivity index (χ2v) is 5.50. The van der Waals surface area contributed by atoms with Gasteiger partial charge in [0.25, 0.3) is 0 Å². The molecule has 0 aliphatic heterocycles. The Hall–Kier alpha value is -3.11. The molecule has 1 heterocycles. The third kappa shape index (κ3) is 3.46. The van der Waals surface area contributed by atoms with Gasteiger partial charge in [-0.25, -0.2) is 4.39 Å². The normalized spacial score (nSPS) is 10.6. The van der Waals surface area contributed by atoms with Crippen LogP contribution in [-0.4, -0.2) is 43.7 Å². The highest BCUT2D eigenvalue weighted by Crippen LogP contribution is 2.18. The largest absolute Gasteiger partial charge is 0.489 e. The van der Waals surface area contributed by atoms with E-state index in [1.165, 1.54) is 28.9 Å². The summed E-state index contributed by atoms with van der Waals surface area (Å²) in [6.07, 6.45) is 0.466. The van der Waals surface area contributed by atoms with Gasteiger partial charge in [-0.05, 0) is 46.6 Å². The molecule has 0 saturated carbocycles. The number of nitrogens with zero attached hydrogens (tertiary/aromatic N) is 4. The summed E-state index contributed by atoms with van der Waals surface area (Å²) in [4.78, 5) is 11.3. The van der Waals surface area contributed by atoms with Gasteiger partial charge in [-0.1, -0.05) is 18.2 Å². The number of ether oxygens (including phenoxy) is 1. The molecule has 0 spiro atoms. The maximum atomic E-state index is 14.1. The average molecular weight is 356 g/mol. The van der Waals surface area contributed by atoms with E-state index < -0.39 is 12.9 Å². The van der Waals surface area contributed by atoms with Crippen molar-refractivity contribution in [2.24, 2.45) is 0 Å². The first kappa shape index (κ1) is 17.7. The second kappa shape index (κ2) is 7.42. The fourth-order valence-corrected chi connectivity index (χ4v) is 2.45. The van der Waals surface area contributed by atoms with Crippen LogP contribution in [0.3, 0.4) is 0 Å². The molecule has 8 nitrogen and oxygen atoms in total. The van der Waals surface area contributed by atoms with Crippen LogP contribution in [-0.2, 0) is 6.61 Å². The Labute approximate surface area is 148 Å². The van der Waals surface area contributed by atoms with E-state index in [1.807, 2.05) is 6.92 Å². The quantitative estimate of drug-likeness (QED) is 0.479. The van der Waals surface area contributed by atoms with Crippen LogP contribution in [0.25, 0.3) is 5.69 Å². The van der Waals surface area contributed by atoms with Gasteiger partial charge in [0, 0.05) is 0 Å². The van der Waals surface area contributed by atoms with Crippen molar-refractivity contribution in [2.45, 2.75) is 13.5 Å². The summed E-state index contributed by atoms with van der Waals surface area (Å²) in [5, 5.41) is 29.8. The summed E-state index contributed by atoms with van der Waals surface area (Å²) in [6.45, 7) is 1.65. The number of hydrogen-bond acceptors (Lipinski definition) is 7. The van der Waals surface area contributed by atoms with E-state index in [0.29, 0.717) is 6.29 Å². The number of tetrazole rings is 1. The van der Waals surface area contributed by atoms with Crippen LogP contribution in [0.4, 0.5) is 4.39 Å². The number of hydrogen-bond donors (Lipinski definition) is 2. The molecule has 132 valence electrons.